The molecule has 3 aromatic carbocycles. The van der Waals surface area contributed by atoms with E-state index < -0.39 is 42.1 Å². The number of benzene rings is 3. The van der Waals surface area contributed by atoms with Crippen LogP contribution in [0.3, 0.4) is 0 Å². The Morgan fingerprint density at radius 3 is 1.71 bits per heavy atom. The minimum Gasteiger partial charge on any atom is -0.465 e. The minimum atomic E-state index is -1.14. The van der Waals surface area contributed by atoms with E-state index in [1.165, 1.54) is 4.90 Å². The Hall–Kier alpha value is -3.92. The summed E-state index contributed by atoms with van der Waals surface area (Å²) in [7, 11) is 0. The smallest absolute Gasteiger partial charge is 0.407 e. The van der Waals surface area contributed by atoms with Gasteiger partial charge in [-0.2, -0.15) is 0 Å². The van der Waals surface area contributed by atoms with Crippen LogP contribution in [-0.2, 0) is 24.1 Å². The highest BCUT2D eigenvalue weighted by Gasteiger charge is 2.29. The fourth-order valence-electron chi connectivity index (χ4n) is 4.60. The van der Waals surface area contributed by atoms with Crippen LogP contribution in [0.1, 0.15) is 37.5 Å². The molecule has 9 heteroatoms. The Balaban J connectivity index is 1.74. The van der Waals surface area contributed by atoms with Gasteiger partial charge in [0.25, 0.3) is 0 Å². The molecule has 0 radical (unpaired) electrons. The molecule has 4 atom stereocenters. The van der Waals surface area contributed by atoms with Crippen molar-refractivity contribution in [3.8, 4) is 0 Å². The number of nitrogens with zero attached hydrogens (tertiary/aromatic N) is 1. The van der Waals surface area contributed by atoms with Crippen LogP contribution < -0.4 is 10.6 Å². The molecule has 3 aromatic rings. The van der Waals surface area contributed by atoms with E-state index in [9.17, 15) is 24.9 Å². The topological polar surface area (TPSA) is 131 Å². The molecular weight excluding hydrogens is 534 g/mol. The lowest BCUT2D eigenvalue weighted by Crippen LogP contribution is -2.54. The molecule has 9 nitrogen and oxygen atoms in total. The predicted octanol–water partition coefficient (Wildman–Crippen LogP) is 4.23. The van der Waals surface area contributed by atoms with Gasteiger partial charge in [-0.05, 0) is 50.3 Å². The quantitative estimate of drug-likeness (QED) is 0.194. The second-order valence-corrected chi connectivity index (χ2v) is 11.4. The summed E-state index contributed by atoms with van der Waals surface area (Å²) < 4.78 is 5.43. The van der Waals surface area contributed by atoms with E-state index in [0.29, 0.717) is 12.8 Å². The van der Waals surface area contributed by atoms with E-state index in [4.69, 9.17) is 4.74 Å². The fourth-order valence-corrected chi connectivity index (χ4v) is 4.60. The Morgan fingerprint density at radius 1 is 0.762 bits per heavy atom. The number of carbonyl (C=O) groups is 2. The summed E-state index contributed by atoms with van der Waals surface area (Å²) in [6.45, 7) is 5.34. The second kappa shape index (κ2) is 15.9. The van der Waals surface area contributed by atoms with E-state index in [0.717, 1.165) is 16.7 Å². The predicted molar refractivity (Wildman–Crippen MR) is 162 cm³/mol. The van der Waals surface area contributed by atoms with Crippen LogP contribution in [0.2, 0.25) is 0 Å². The fraction of sp³-hybridized carbons (Fsp3) is 0.394. The number of nitrogens with one attached hydrogen (secondary N) is 2. The maximum absolute atomic E-state index is 12.6. The number of aliphatic hydroxyl groups is 2. The van der Waals surface area contributed by atoms with Gasteiger partial charge in [-0.15, -0.1) is 0 Å². The van der Waals surface area contributed by atoms with Crippen molar-refractivity contribution in [2.45, 2.75) is 70.1 Å². The summed E-state index contributed by atoms with van der Waals surface area (Å²) in [4.78, 5) is 25.9. The van der Waals surface area contributed by atoms with Crippen LogP contribution >= 0.6 is 0 Å². The van der Waals surface area contributed by atoms with Gasteiger partial charge in [0.05, 0.1) is 24.8 Å². The summed E-state index contributed by atoms with van der Waals surface area (Å²) in [5.74, 6) is 0. The van der Waals surface area contributed by atoms with Crippen LogP contribution in [0, 0.1) is 0 Å². The van der Waals surface area contributed by atoms with E-state index >= 15 is 0 Å². The molecule has 0 unspecified atom stereocenters. The van der Waals surface area contributed by atoms with E-state index in [1.807, 2.05) is 91.0 Å². The zero-order valence-corrected chi connectivity index (χ0v) is 24.5. The average Bonchev–Trinajstić information content (AvgIpc) is 2.95. The molecule has 0 heterocycles. The molecule has 226 valence electrons. The van der Waals surface area contributed by atoms with Crippen molar-refractivity contribution >= 4 is 12.2 Å². The SMILES string of the molecule is CC(C)(C)OC(=O)N[C@@H](Cc1ccccc1)[C@H](O)CN[C@H](Cc1ccccc1)[C@@H](O)CN(Cc1ccccc1)C(=O)O. The molecule has 5 N–H and O–H groups in total. The minimum absolute atomic E-state index is 0.0353. The van der Waals surface area contributed by atoms with Gasteiger partial charge < -0.3 is 35.6 Å². The summed E-state index contributed by atoms with van der Waals surface area (Å²) >= 11 is 0. The van der Waals surface area contributed by atoms with Gasteiger partial charge in [-0.1, -0.05) is 91.0 Å². The lowest BCUT2D eigenvalue weighted by molar-refractivity contribution is 0.0395. The summed E-state index contributed by atoms with van der Waals surface area (Å²) in [5.41, 5.74) is 1.98. The third kappa shape index (κ3) is 11.5. The molecular formula is C33H43N3O6. The Morgan fingerprint density at radius 2 is 1.24 bits per heavy atom. The lowest BCUT2D eigenvalue weighted by atomic mass is 9.98. The Labute approximate surface area is 248 Å². The van der Waals surface area contributed by atoms with Crippen molar-refractivity contribution in [3.05, 3.63) is 108 Å². The number of hydrogen-bond acceptors (Lipinski definition) is 6. The zero-order valence-electron chi connectivity index (χ0n) is 24.5. The number of hydrogen-bond donors (Lipinski definition) is 5. The van der Waals surface area contributed by atoms with Gasteiger partial charge in [-0.3, -0.25) is 0 Å². The molecule has 2 amide bonds. The number of alkyl carbamates (subject to hydrolysis) is 1. The van der Waals surface area contributed by atoms with Crippen molar-refractivity contribution in [2.75, 3.05) is 13.1 Å². The Kier molecular flexibility index (Phi) is 12.3. The molecule has 0 saturated heterocycles. The van der Waals surface area contributed by atoms with Crippen molar-refractivity contribution in [2.24, 2.45) is 0 Å². The van der Waals surface area contributed by atoms with Crippen LogP contribution in [0.5, 0.6) is 0 Å². The van der Waals surface area contributed by atoms with Crippen LogP contribution in [-0.4, -0.2) is 75.4 Å². The van der Waals surface area contributed by atoms with E-state index in [-0.39, 0.29) is 19.6 Å². The molecule has 0 aliphatic rings. The van der Waals surface area contributed by atoms with Crippen LogP contribution in [0.15, 0.2) is 91.0 Å². The summed E-state index contributed by atoms with van der Waals surface area (Å²) in [6.07, 6.45) is -3.14. The number of aliphatic hydroxyl groups excluding tert-OH is 2. The standard InChI is InChI=1S/C33H43N3O6/c1-33(2,3)42-31(39)35-28(20-25-15-9-5-10-16-25)29(37)21-34-27(19-24-13-7-4-8-14-24)30(38)23-36(32(40)41)22-26-17-11-6-12-18-26/h4-18,27-30,34,37-38H,19-23H2,1-3H3,(H,35,39)(H,40,41)/t27-,28+,29-,30+/m1/s1. The van der Waals surface area contributed by atoms with Crippen LogP contribution in [0.4, 0.5) is 9.59 Å². The van der Waals surface area contributed by atoms with Gasteiger partial charge in [0.2, 0.25) is 0 Å². The van der Waals surface area contributed by atoms with Crippen molar-refractivity contribution in [1.82, 2.24) is 15.5 Å². The number of rotatable bonds is 14. The molecule has 0 aliphatic heterocycles. The molecule has 0 saturated carbocycles. The zero-order chi connectivity index (χ0) is 30.5. The highest BCUT2D eigenvalue weighted by Crippen LogP contribution is 2.13. The van der Waals surface area contributed by atoms with Gasteiger partial charge in [0.15, 0.2) is 0 Å². The second-order valence-electron chi connectivity index (χ2n) is 11.4. The van der Waals surface area contributed by atoms with Crippen LogP contribution in [0.25, 0.3) is 0 Å². The third-order valence-corrected chi connectivity index (χ3v) is 6.71. The van der Waals surface area contributed by atoms with E-state index in [2.05, 4.69) is 10.6 Å². The van der Waals surface area contributed by atoms with Gasteiger partial charge in [0, 0.05) is 19.1 Å². The summed E-state index contributed by atoms with van der Waals surface area (Å²) in [5, 5.41) is 38.5. The van der Waals surface area contributed by atoms with Crippen molar-refractivity contribution in [1.29, 1.82) is 0 Å². The molecule has 42 heavy (non-hydrogen) atoms. The van der Waals surface area contributed by atoms with Gasteiger partial charge in [0.1, 0.15) is 5.60 Å². The lowest BCUT2D eigenvalue weighted by Gasteiger charge is -2.31. The van der Waals surface area contributed by atoms with Crippen molar-refractivity contribution < 1.29 is 29.6 Å². The summed E-state index contributed by atoms with van der Waals surface area (Å²) in [6, 6.07) is 27.0. The first-order chi connectivity index (χ1) is 20.0. The molecule has 0 bridgehead atoms. The first-order valence-electron chi connectivity index (χ1n) is 14.2. The molecule has 0 aliphatic carbocycles. The maximum atomic E-state index is 12.6. The molecule has 0 fully saturated rings. The maximum Gasteiger partial charge on any atom is 0.407 e. The van der Waals surface area contributed by atoms with Crippen molar-refractivity contribution in [3.63, 3.8) is 0 Å². The molecule has 0 spiro atoms. The highest BCUT2D eigenvalue weighted by molar-refractivity contribution is 5.68. The monoisotopic (exact) mass is 577 g/mol. The number of amides is 2. The first-order valence-corrected chi connectivity index (χ1v) is 14.2. The van der Waals surface area contributed by atoms with Gasteiger partial charge in [-0.25, -0.2) is 9.59 Å². The average molecular weight is 578 g/mol. The number of carboxylic acid groups (broad SMARTS) is 1. The largest absolute Gasteiger partial charge is 0.465 e. The normalized spacial score (nSPS) is 14.3. The third-order valence-electron chi connectivity index (χ3n) is 6.71. The highest BCUT2D eigenvalue weighted by atomic mass is 16.6. The molecule has 0 aromatic heterocycles. The number of ether oxygens (including phenoxy) is 1. The Bertz CT molecular complexity index is 1220. The van der Waals surface area contributed by atoms with Gasteiger partial charge >= 0.3 is 12.2 Å². The van der Waals surface area contributed by atoms with E-state index in [1.54, 1.807) is 20.8 Å². The molecule has 3 rings (SSSR count). The number of carbonyl (C=O) groups excluding carboxylic acids is 1. The first kappa shape index (κ1) is 32.6.